The van der Waals surface area contributed by atoms with Gasteiger partial charge in [0.25, 0.3) is 7.82 Å². The molecule has 0 aliphatic heterocycles. The van der Waals surface area contributed by atoms with Crippen molar-refractivity contribution < 1.29 is 42.1 Å². The number of ether oxygens (including phenoxy) is 2. The van der Waals surface area contributed by atoms with Crippen molar-refractivity contribution in [3.8, 4) is 0 Å². The van der Waals surface area contributed by atoms with Crippen LogP contribution >= 0.6 is 7.82 Å². The molecule has 0 fully saturated rings. The molecule has 0 N–H and O–H groups in total. The molecular weight excluding hydrogens is 990 g/mol. The van der Waals surface area contributed by atoms with Crippen LogP contribution in [0, 0.1) is 0 Å². The number of unbranched alkanes of at least 4 members (excludes halogenated alkanes) is 34. The number of rotatable bonds is 60. The lowest BCUT2D eigenvalue weighted by Crippen LogP contribution is -2.37. The first kappa shape index (κ1) is 75.5. The number of nitrogens with zero attached hydrogens (tertiary/aromatic N) is 1. The molecule has 0 saturated carbocycles. The van der Waals surface area contributed by atoms with Crippen LogP contribution in [-0.4, -0.2) is 70.0 Å². The van der Waals surface area contributed by atoms with Crippen LogP contribution in [0.2, 0.25) is 0 Å². The maximum atomic E-state index is 12.8. The Morgan fingerprint density at radius 2 is 0.731 bits per heavy atom. The van der Waals surface area contributed by atoms with E-state index < -0.39 is 26.5 Å². The zero-order valence-electron chi connectivity index (χ0n) is 51.6. The first-order chi connectivity index (χ1) is 38.0. The molecule has 2 unspecified atom stereocenters. The van der Waals surface area contributed by atoms with Gasteiger partial charge < -0.3 is 27.9 Å². The summed E-state index contributed by atoms with van der Waals surface area (Å²) in [6.45, 7) is 4.15. The van der Waals surface area contributed by atoms with Gasteiger partial charge in [-0.2, -0.15) is 0 Å². The molecular formula is C68H124NO8P. The third-order valence-electron chi connectivity index (χ3n) is 14.2. The zero-order chi connectivity index (χ0) is 57.0. The molecule has 0 aliphatic rings. The molecule has 0 aliphatic carbocycles. The third-order valence-corrected chi connectivity index (χ3v) is 15.2. The summed E-state index contributed by atoms with van der Waals surface area (Å²) in [6, 6.07) is 0. The normalized spacial score (nSPS) is 13.7. The Morgan fingerprint density at radius 3 is 1.09 bits per heavy atom. The van der Waals surface area contributed by atoms with Gasteiger partial charge in [-0.05, 0) is 83.5 Å². The van der Waals surface area contributed by atoms with Crippen molar-refractivity contribution in [2.45, 2.75) is 302 Å². The molecule has 0 aromatic carbocycles. The summed E-state index contributed by atoms with van der Waals surface area (Å²) in [5, 5.41) is 0. The summed E-state index contributed by atoms with van der Waals surface area (Å²) in [4.78, 5) is 38.0. The van der Waals surface area contributed by atoms with Gasteiger partial charge in [0.05, 0.1) is 27.7 Å². The van der Waals surface area contributed by atoms with Gasteiger partial charge in [0.2, 0.25) is 0 Å². The van der Waals surface area contributed by atoms with E-state index in [4.69, 9.17) is 18.5 Å². The Morgan fingerprint density at radius 1 is 0.410 bits per heavy atom. The first-order valence-electron chi connectivity index (χ1n) is 32.6. The van der Waals surface area contributed by atoms with Crippen LogP contribution in [0.5, 0.6) is 0 Å². The van der Waals surface area contributed by atoms with Crippen LogP contribution < -0.4 is 4.89 Å². The summed E-state index contributed by atoms with van der Waals surface area (Å²) in [5.41, 5.74) is 0. The lowest BCUT2D eigenvalue weighted by molar-refractivity contribution is -0.870. The number of hydrogen-bond donors (Lipinski definition) is 0. The molecule has 0 amide bonds. The quantitative estimate of drug-likeness (QED) is 0.0195. The van der Waals surface area contributed by atoms with Crippen LogP contribution in [0.15, 0.2) is 72.9 Å². The summed E-state index contributed by atoms with van der Waals surface area (Å²) in [7, 11) is 1.17. The summed E-state index contributed by atoms with van der Waals surface area (Å²) >= 11 is 0. The molecule has 2 atom stereocenters. The van der Waals surface area contributed by atoms with Crippen molar-refractivity contribution in [1.82, 2.24) is 0 Å². The van der Waals surface area contributed by atoms with Crippen molar-refractivity contribution in [2.24, 2.45) is 0 Å². The van der Waals surface area contributed by atoms with E-state index in [1.54, 1.807) is 0 Å². The molecule has 0 bridgehead atoms. The molecule has 9 nitrogen and oxygen atoms in total. The lowest BCUT2D eigenvalue weighted by atomic mass is 10.0. The highest BCUT2D eigenvalue weighted by Crippen LogP contribution is 2.38. The van der Waals surface area contributed by atoms with Gasteiger partial charge in [0, 0.05) is 12.8 Å². The van der Waals surface area contributed by atoms with Gasteiger partial charge in [0.15, 0.2) is 6.10 Å². The van der Waals surface area contributed by atoms with Crippen molar-refractivity contribution in [3.05, 3.63) is 72.9 Å². The molecule has 0 radical (unpaired) electrons. The monoisotopic (exact) mass is 1110 g/mol. The predicted octanol–water partition coefficient (Wildman–Crippen LogP) is 20.2. The van der Waals surface area contributed by atoms with Gasteiger partial charge in [0.1, 0.15) is 19.8 Å². The molecule has 0 spiro atoms. The Kier molecular flexibility index (Phi) is 57.2. The van der Waals surface area contributed by atoms with Crippen LogP contribution in [0.1, 0.15) is 296 Å². The molecule has 0 heterocycles. The van der Waals surface area contributed by atoms with Crippen LogP contribution in [-0.2, 0) is 32.7 Å². The third kappa shape index (κ3) is 62.6. The van der Waals surface area contributed by atoms with Crippen LogP contribution in [0.4, 0.5) is 0 Å². The Labute approximate surface area is 482 Å². The molecule has 0 aromatic heterocycles. The molecule has 0 rings (SSSR count). The fourth-order valence-electron chi connectivity index (χ4n) is 9.21. The number of allylic oxidation sites excluding steroid dienone is 12. The van der Waals surface area contributed by atoms with Crippen LogP contribution in [0.25, 0.3) is 0 Å². The fourth-order valence-corrected chi connectivity index (χ4v) is 9.94. The number of phosphoric acid groups is 1. The maximum absolute atomic E-state index is 12.8. The summed E-state index contributed by atoms with van der Waals surface area (Å²) in [6.07, 6.45) is 78.2. The van der Waals surface area contributed by atoms with Gasteiger partial charge in [-0.25, -0.2) is 0 Å². The largest absolute Gasteiger partial charge is 0.756 e. The van der Waals surface area contributed by atoms with Gasteiger partial charge >= 0.3 is 11.9 Å². The number of esters is 2. The van der Waals surface area contributed by atoms with E-state index >= 15 is 0 Å². The minimum absolute atomic E-state index is 0.0329. The molecule has 454 valence electrons. The van der Waals surface area contributed by atoms with Gasteiger partial charge in [-0.1, -0.05) is 273 Å². The first-order valence-corrected chi connectivity index (χ1v) is 34.1. The van der Waals surface area contributed by atoms with E-state index in [0.717, 1.165) is 77.0 Å². The second-order valence-electron chi connectivity index (χ2n) is 23.1. The number of carbonyl (C=O) groups excluding carboxylic acids is 2. The molecule has 10 heteroatoms. The second kappa shape index (κ2) is 59.1. The fraction of sp³-hybridized carbons (Fsp3) is 0.794. The van der Waals surface area contributed by atoms with E-state index in [1.165, 1.54) is 186 Å². The van der Waals surface area contributed by atoms with Gasteiger partial charge in [-0.15, -0.1) is 0 Å². The van der Waals surface area contributed by atoms with Crippen molar-refractivity contribution in [3.63, 3.8) is 0 Å². The minimum atomic E-state index is -4.64. The summed E-state index contributed by atoms with van der Waals surface area (Å²) in [5.74, 6) is -0.829. The van der Waals surface area contributed by atoms with E-state index in [-0.39, 0.29) is 32.0 Å². The minimum Gasteiger partial charge on any atom is -0.756 e. The van der Waals surface area contributed by atoms with Crippen molar-refractivity contribution in [2.75, 3.05) is 47.5 Å². The van der Waals surface area contributed by atoms with Crippen molar-refractivity contribution in [1.29, 1.82) is 0 Å². The maximum Gasteiger partial charge on any atom is 0.306 e. The standard InChI is InChI=1S/C68H124NO8P/c1-6-8-10-12-14-16-18-20-22-24-26-28-30-31-32-33-34-35-36-37-39-40-42-44-46-48-50-52-54-56-58-60-67(70)74-64-66(65-76-78(72,73)75-63-62-69(3,4)5)77-68(71)61-59-57-55-53-51-49-47-45-43-41-38-29-27-25-23-21-19-17-15-13-11-9-7-2/h9,11,15,17-18,20-21,23-24,26-27,29,66H,6-8,10,12-14,16,19,22,25,28,30-65H2,1-5H3/b11-9-,17-15-,20-18-,23-21-,26-24-,29-27-. The number of hydrogen-bond acceptors (Lipinski definition) is 8. The number of quaternary nitrogens is 1. The highest BCUT2D eigenvalue weighted by Gasteiger charge is 2.22. The molecule has 0 saturated heterocycles. The number of phosphoric ester groups is 1. The highest BCUT2D eigenvalue weighted by molar-refractivity contribution is 7.45. The average Bonchev–Trinajstić information content (AvgIpc) is 3.40. The Bertz CT molecular complexity index is 1550. The van der Waals surface area contributed by atoms with E-state index in [1.807, 2.05) is 21.1 Å². The SMILES string of the molecule is CC/C=C\C/C=C\C/C=C\C/C=C\CCCCCCCCCCCCC(=O)OC(COC(=O)CCCCCCCCCCCCCCCCCCCCC/C=C\C/C=C\CCCCCCC)COP(=O)([O-])OCC[N+](C)(C)C. The zero-order valence-corrected chi connectivity index (χ0v) is 52.5. The Hall–Kier alpha value is -2.55. The van der Waals surface area contributed by atoms with E-state index in [2.05, 4.69) is 86.8 Å². The average molecular weight is 1110 g/mol. The topological polar surface area (TPSA) is 111 Å². The van der Waals surface area contributed by atoms with E-state index in [9.17, 15) is 19.0 Å². The summed E-state index contributed by atoms with van der Waals surface area (Å²) < 4.78 is 34.3. The smallest absolute Gasteiger partial charge is 0.306 e. The van der Waals surface area contributed by atoms with Crippen molar-refractivity contribution >= 4 is 19.8 Å². The number of likely N-dealkylation sites (N-methyl/N-ethyl adjacent to an activating group) is 1. The second-order valence-corrected chi connectivity index (χ2v) is 24.5. The number of carbonyl (C=O) groups is 2. The molecule has 78 heavy (non-hydrogen) atoms. The molecule has 0 aromatic rings. The van der Waals surface area contributed by atoms with Gasteiger partial charge in [-0.3, -0.25) is 14.2 Å². The van der Waals surface area contributed by atoms with Crippen LogP contribution in [0.3, 0.4) is 0 Å². The highest BCUT2D eigenvalue weighted by atomic mass is 31.2. The predicted molar refractivity (Wildman–Crippen MR) is 333 cm³/mol. The van der Waals surface area contributed by atoms with E-state index in [0.29, 0.717) is 17.4 Å². The lowest BCUT2D eigenvalue weighted by Gasteiger charge is -2.28. The Balaban J connectivity index is 4.05.